The zero-order valence-electron chi connectivity index (χ0n) is 14.2. The number of hydrogen-bond acceptors (Lipinski definition) is 6. The molecule has 0 spiro atoms. The van der Waals surface area contributed by atoms with Gasteiger partial charge >= 0.3 is 5.97 Å². The van der Waals surface area contributed by atoms with E-state index in [1.54, 1.807) is 42.5 Å². The number of carbonyl (C=O) groups excluding carboxylic acids is 1. The van der Waals surface area contributed by atoms with E-state index < -0.39 is 15.8 Å². The molecule has 0 fully saturated rings. The van der Waals surface area contributed by atoms with Gasteiger partial charge in [0.25, 0.3) is 0 Å². The average Bonchev–Trinajstić information content (AvgIpc) is 2.69. The van der Waals surface area contributed by atoms with Crippen molar-refractivity contribution in [1.29, 1.82) is 0 Å². The molecular weight excluding hydrogens is 366 g/mol. The topological polar surface area (TPSA) is 95.7 Å². The Labute approximate surface area is 157 Å². The molecule has 7 heteroatoms. The van der Waals surface area contributed by atoms with Crippen molar-refractivity contribution < 1.29 is 22.8 Å². The van der Waals surface area contributed by atoms with Crippen molar-refractivity contribution in [2.75, 3.05) is 0 Å². The number of para-hydroxylation sites is 1. The summed E-state index contributed by atoms with van der Waals surface area (Å²) >= 11 is 0. The van der Waals surface area contributed by atoms with Crippen LogP contribution in [-0.2, 0) is 20.4 Å². The summed E-state index contributed by atoms with van der Waals surface area (Å²) in [5, 5.41) is 0. The van der Waals surface area contributed by atoms with Crippen molar-refractivity contribution in [1.82, 2.24) is 0 Å². The van der Waals surface area contributed by atoms with Gasteiger partial charge in [-0.1, -0.05) is 36.4 Å². The Balaban J connectivity index is 1.81. The molecule has 3 aromatic rings. The molecule has 0 radical (unpaired) electrons. The Bertz CT molecular complexity index is 1030. The quantitative estimate of drug-likeness (QED) is 0.655. The summed E-state index contributed by atoms with van der Waals surface area (Å²) in [4.78, 5) is 16.1. The monoisotopic (exact) mass is 383 g/mol. The van der Waals surface area contributed by atoms with Crippen LogP contribution in [0.4, 0.5) is 0 Å². The molecule has 0 saturated heterocycles. The summed E-state index contributed by atoms with van der Waals surface area (Å²) in [6, 6.07) is 21.6. The fourth-order valence-electron chi connectivity index (χ4n) is 2.54. The maximum Gasteiger partial charge on any atom is 0.356 e. The first-order valence-corrected chi connectivity index (χ1v) is 9.69. The van der Waals surface area contributed by atoms with Crippen molar-refractivity contribution in [2.24, 2.45) is 5.90 Å². The molecule has 2 N–H and O–H groups in total. The molecular formula is C20H17NO5S. The molecule has 0 aromatic heterocycles. The molecule has 0 bridgehead atoms. The van der Waals surface area contributed by atoms with Gasteiger partial charge in [-0.2, -0.15) is 5.90 Å². The summed E-state index contributed by atoms with van der Waals surface area (Å²) < 4.78 is 31.1. The summed E-state index contributed by atoms with van der Waals surface area (Å²) in [6.07, 6.45) is 0. The van der Waals surface area contributed by atoms with Crippen molar-refractivity contribution in [3.05, 3.63) is 90.0 Å². The largest absolute Gasteiger partial charge is 0.457 e. The molecule has 0 heterocycles. The minimum Gasteiger partial charge on any atom is -0.457 e. The molecule has 27 heavy (non-hydrogen) atoms. The molecule has 0 saturated carbocycles. The van der Waals surface area contributed by atoms with E-state index in [0.29, 0.717) is 17.1 Å². The highest BCUT2D eigenvalue weighted by atomic mass is 32.2. The number of nitrogens with two attached hydrogens (primary N) is 1. The molecule has 0 aliphatic rings. The number of sulfone groups is 1. The third-order valence-electron chi connectivity index (χ3n) is 3.85. The second-order valence-electron chi connectivity index (χ2n) is 5.71. The lowest BCUT2D eigenvalue weighted by atomic mass is 10.1. The molecule has 138 valence electrons. The highest BCUT2D eigenvalue weighted by molar-refractivity contribution is 7.90. The van der Waals surface area contributed by atoms with Crippen LogP contribution in [0.3, 0.4) is 0 Å². The van der Waals surface area contributed by atoms with Gasteiger partial charge in [-0.25, -0.2) is 13.2 Å². The maximum absolute atomic E-state index is 12.7. The predicted octanol–water partition coefficient (Wildman–Crippen LogP) is 3.48. The van der Waals surface area contributed by atoms with E-state index in [1.165, 1.54) is 18.2 Å². The SMILES string of the molecule is NOC(=O)c1ccccc1CS(=O)(=O)c1ccc(Oc2ccccc2)cc1. The fraction of sp³-hybridized carbons (Fsp3) is 0.0500. The van der Waals surface area contributed by atoms with Gasteiger partial charge in [0, 0.05) is 0 Å². The van der Waals surface area contributed by atoms with Gasteiger partial charge in [-0.15, -0.1) is 0 Å². The Hall–Kier alpha value is -3.16. The summed E-state index contributed by atoms with van der Waals surface area (Å²) in [6.45, 7) is 0. The van der Waals surface area contributed by atoms with Crippen LogP contribution >= 0.6 is 0 Å². The van der Waals surface area contributed by atoms with Crippen molar-refractivity contribution in [2.45, 2.75) is 10.6 Å². The molecule has 0 atom stereocenters. The highest BCUT2D eigenvalue weighted by Crippen LogP contribution is 2.25. The van der Waals surface area contributed by atoms with Gasteiger partial charge < -0.3 is 9.57 Å². The Morgan fingerprint density at radius 2 is 1.41 bits per heavy atom. The Morgan fingerprint density at radius 3 is 2.07 bits per heavy atom. The lowest BCUT2D eigenvalue weighted by molar-refractivity contribution is 0.0502. The molecule has 3 rings (SSSR count). The third-order valence-corrected chi connectivity index (χ3v) is 5.53. The normalized spacial score (nSPS) is 11.0. The highest BCUT2D eigenvalue weighted by Gasteiger charge is 2.20. The zero-order valence-corrected chi connectivity index (χ0v) is 15.1. The summed E-state index contributed by atoms with van der Waals surface area (Å²) in [5.41, 5.74) is 0.435. The maximum atomic E-state index is 12.7. The van der Waals surface area contributed by atoms with E-state index in [0.717, 1.165) is 0 Å². The number of ether oxygens (including phenoxy) is 1. The van der Waals surface area contributed by atoms with Crippen molar-refractivity contribution >= 4 is 15.8 Å². The second kappa shape index (κ2) is 8.03. The van der Waals surface area contributed by atoms with Crippen LogP contribution in [0, 0.1) is 0 Å². The standard InChI is InChI=1S/C20H17NO5S/c21-26-20(22)19-9-5-4-6-15(19)14-27(23,24)18-12-10-17(11-13-18)25-16-7-2-1-3-8-16/h1-13H,14,21H2. The minimum absolute atomic E-state index is 0.118. The molecule has 3 aromatic carbocycles. The number of hydrogen-bond donors (Lipinski definition) is 1. The van der Waals surface area contributed by atoms with Crippen LogP contribution in [0.1, 0.15) is 15.9 Å². The van der Waals surface area contributed by atoms with Crippen molar-refractivity contribution in [3.8, 4) is 11.5 Å². The molecule has 6 nitrogen and oxygen atoms in total. The smallest absolute Gasteiger partial charge is 0.356 e. The number of benzene rings is 3. The average molecular weight is 383 g/mol. The zero-order chi connectivity index (χ0) is 19.3. The van der Waals surface area contributed by atoms with Gasteiger partial charge in [0.2, 0.25) is 0 Å². The third kappa shape index (κ3) is 4.52. The van der Waals surface area contributed by atoms with Gasteiger partial charge in [0.05, 0.1) is 16.2 Å². The first-order valence-electron chi connectivity index (χ1n) is 8.04. The van der Waals surface area contributed by atoms with Gasteiger partial charge in [-0.05, 0) is 48.0 Å². The van der Waals surface area contributed by atoms with E-state index in [9.17, 15) is 13.2 Å². The van der Waals surface area contributed by atoms with Gasteiger partial charge in [0.15, 0.2) is 9.84 Å². The van der Waals surface area contributed by atoms with Crippen LogP contribution in [0.15, 0.2) is 83.8 Å². The van der Waals surface area contributed by atoms with Crippen LogP contribution in [0.5, 0.6) is 11.5 Å². The van der Waals surface area contributed by atoms with Crippen LogP contribution in [-0.4, -0.2) is 14.4 Å². The lowest BCUT2D eigenvalue weighted by Crippen LogP contribution is -2.14. The van der Waals surface area contributed by atoms with Crippen molar-refractivity contribution in [3.63, 3.8) is 0 Å². The van der Waals surface area contributed by atoms with E-state index in [-0.39, 0.29) is 16.2 Å². The van der Waals surface area contributed by atoms with E-state index in [2.05, 4.69) is 4.84 Å². The second-order valence-corrected chi connectivity index (χ2v) is 7.70. The van der Waals surface area contributed by atoms with E-state index in [4.69, 9.17) is 10.6 Å². The van der Waals surface area contributed by atoms with Crippen LogP contribution < -0.4 is 10.6 Å². The molecule has 0 aliphatic carbocycles. The number of rotatable bonds is 6. The Kier molecular flexibility index (Phi) is 5.54. The Morgan fingerprint density at radius 1 is 0.815 bits per heavy atom. The fourth-order valence-corrected chi connectivity index (χ4v) is 3.92. The molecule has 0 amide bonds. The first kappa shape index (κ1) is 18.6. The van der Waals surface area contributed by atoms with Crippen LogP contribution in [0.25, 0.3) is 0 Å². The van der Waals surface area contributed by atoms with E-state index >= 15 is 0 Å². The first-order chi connectivity index (χ1) is 13.0. The van der Waals surface area contributed by atoms with Crippen LogP contribution in [0.2, 0.25) is 0 Å². The van der Waals surface area contributed by atoms with Gasteiger partial charge in [0.1, 0.15) is 11.5 Å². The van der Waals surface area contributed by atoms with Gasteiger partial charge in [-0.3, -0.25) is 0 Å². The predicted molar refractivity (Wildman–Crippen MR) is 99.9 cm³/mol. The number of carbonyl (C=O) groups is 1. The lowest BCUT2D eigenvalue weighted by Gasteiger charge is -2.10. The summed E-state index contributed by atoms with van der Waals surface area (Å²) in [5.74, 6) is 4.96. The molecule has 0 unspecified atom stereocenters. The van der Waals surface area contributed by atoms with E-state index in [1.807, 2.05) is 18.2 Å². The minimum atomic E-state index is -3.67. The molecule has 0 aliphatic heterocycles. The summed E-state index contributed by atoms with van der Waals surface area (Å²) in [7, 11) is -3.67.